The van der Waals surface area contributed by atoms with Gasteiger partial charge in [0.05, 0.1) is 4.92 Å². The predicted octanol–water partition coefficient (Wildman–Crippen LogP) is 1.71. The molecule has 0 spiro atoms. The molecule has 25 heavy (non-hydrogen) atoms. The molecule has 10 heteroatoms. The Morgan fingerprint density at radius 1 is 1.36 bits per heavy atom. The van der Waals surface area contributed by atoms with E-state index in [1.54, 1.807) is 0 Å². The fourth-order valence-corrected chi connectivity index (χ4v) is 3.57. The summed E-state index contributed by atoms with van der Waals surface area (Å²) in [6.07, 6.45) is -0.926. The number of carbonyl (C=O) groups excluding carboxylic acids is 1. The molecule has 3 atom stereocenters. The van der Waals surface area contributed by atoms with Gasteiger partial charge in [-0.15, -0.1) is 0 Å². The van der Waals surface area contributed by atoms with E-state index < -0.39 is 20.8 Å². The molecule has 2 N–H and O–H groups in total. The van der Waals surface area contributed by atoms with E-state index in [4.69, 9.17) is 39.5 Å². The zero-order valence-corrected chi connectivity index (χ0v) is 15.9. The summed E-state index contributed by atoms with van der Waals surface area (Å²) in [4.78, 5) is 23.7. The lowest BCUT2D eigenvalue weighted by atomic mass is 10.1. The molecule has 0 bridgehead atoms. The quantitative estimate of drug-likeness (QED) is 0.449. The molecular formula is C15H19Cl3N3O4+. The zero-order valence-electron chi connectivity index (χ0n) is 13.7. The molecule has 1 fully saturated rings. The van der Waals surface area contributed by atoms with Crippen molar-refractivity contribution in [1.82, 2.24) is 5.32 Å². The van der Waals surface area contributed by atoms with E-state index in [0.717, 1.165) is 4.90 Å². The van der Waals surface area contributed by atoms with E-state index in [1.165, 1.54) is 24.3 Å². The number of carbonyl (C=O) groups is 1. The summed E-state index contributed by atoms with van der Waals surface area (Å²) in [5.41, 5.74) is -0.0544. The second-order valence-corrected chi connectivity index (χ2v) is 8.45. The van der Waals surface area contributed by atoms with Crippen molar-refractivity contribution in [3.05, 3.63) is 39.9 Å². The third-order valence-corrected chi connectivity index (χ3v) is 4.55. The van der Waals surface area contributed by atoms with Crippen LogP contribution in [0.3, 0.4) is 0 Å². The molecule has 1 saturated heterocycles. The number of quaternary nitrogens is 1. The highest BCUT2D eigenvalue weighted by Crippen LogP contribution is 2.28. The van der Waals surface area contributed by atoms with Gasteiger partial charge >= 0.3 is 0 Å². The van der Waals surface area contributed by atoms with Crippen LogP contribution in [0.15, 0.2) is 24.3 Å². The van der Waals surface area contributed by atoms with Crippen molar-refractivity contribution in [1.29, 1.82) is 0 Å². The summed E-state index contributed by atoms with van der Waals surface area (Å²) in [5, 5.41) is 13.6. The normalized spacial score (nSPS) is 25.2. The number of rotatable bonds is 4. The summed E-state index contributed by atoms with van der Waals surface area (Å²) in [6, 6.07) is 5.39. The minimum Gasteiger partial charge on any atom is -0.364 e. The lowest BCUT2D eigenvalue weighted by Gasteiger charge is -2.39. The average Bonchev–Trinajstić information content (AvgIpc) is 2.50. The Morgan fingerprint density at radius 3 is 2.48 bits per heavy atom. The van der Waals surface area contributed by atoms with Gasteiger partial charge in [0.15, 0.2) is 0 Å². The molecule has 1 aliphatic rings. The lowest BCUT2D eigenvalue weighted by Crippen LogP contribution is -3.22. The molecule has 1 aromatic carbocycles. The van der Waals surface area contributed by atoms with Gasteiger partial charge in [-0.2, -0.15) is 0 Å². The summed E-state index contributed by atoms with van der Waals surface area (Å²) < 4.78 is 3.93. The van der Waals surface area contributed by atoms with Crippen LogP contribution in [0.2, 0.25) is 0 Å². The number of ether oxygens (including phenoxy) is 1. The molecule has 138 valence electrons. The average molecular weight is 412 g/mol. The largest absolute Gasteiger partial charge is 0.364 e. The van der Waals surface area contributed by atoms with E-state index in [1.807, 2.05) is 13.8 Å². The number of non-ortho nitro benzene ring substituents is 1. The molecule has 0 aliphatic carbocycles. The maximum Gasteiger partial charge on any atom is 0.270 e. The molecule has 1 aliphatic heterocycles. The SMILES string of the molecule is C[C@@H]1C[NH+]([C@H](NC(=O)c2cccc([N+](=O)[O-])c2)C(Cl)(Cl)Cl)C[C@@H](C)O1. The second-order valence-electron chi connectivity index (χ2n) is 6.08. The highest BCUT2D eigenvalue weighted by molar-refractivity contribution is 6.68. The Hall–Kier alpha value is -1.12. The minimum atomic E-state index is -1.75. The van der Waals surface area contributed by atoms with Gasteiger partial charge in [-0.25, -0.2) is 0 Å². The number of benzene rings is 1. The molecule has 0 aromatic heterocycles. The minimum absolute atomic E-state index is 0.0525. The van der Waals surface area contributed by atoms with E-state index in [2.05, 4.69) is 5.32 Å². The van der Waals surface area contributed by atoms with Crippen LogP contribution in [0.5, 0.6) is 0 Å². The summed E-state index contributed by atoms with van der Waals surface area (Å²) in [7, 11) is 0. The molecule has 2 rings (SSSR count). The van der Waals surface area contributed by atoms with Crippen molar-refractivity contribution >= 4 is 46.4 Å². The number of alkyl halides is 3. The summed E-state index contributed by atoms with van der Waals surface area (Å²) in [5.74, 6) is -0.542. The van der Waals surface area contributed by atoms with E-state index >= 15 is 0 Å². The Bertz CT molecular complexity index is 643. The van der Waals surface area contributed by atoms with Gasteiger partial charge in [0.2, 0.25) is 6.17 Å². The lowest BCUT2D eigenvalue weighted by molar-refractivity contribution is -0.941. The fourth-order valence-electron chi connectivity index (χ4n) is 2.94. The number of nitrogens with one attached hydrogen (secondary N) is 2. The first-order valence-electron chi connectivity index (χ1n) is 7.70. The van der Waals surface area contributed by atoms with Gasteiger partial charge in [-0.05, 0) is 19.9 Å². The molecule has 0 radical (unpaired) electrons. The van der Waals surface area contributed by atoms with Crippen LogP contribution in [-0.2, 0) is 4.74 Å². The van der Waals surface area contributed by atoms with Crippen molar-refractivity contribution in [3.63, 3.8) is 0 Å². The summed E-state index contributed by atoms with van der Waals surface area (Å²) in [6.45, 7) is 4.93. The topological polar surface area (TPSA) is 85.9 Å². The molecular weight excluding hydrogens is 393 g/mol. The Morgan fingerprint density at radius 2 is 1.96 bits per heavy atom. The van der Waals surface area contributed by atoms with Crippen LogP contribution in [0, 0.1) is 10.1 Å². The van der Waals surface area contributed by atoms with Crippen molar-refractivity contribution < 1.29 is 19.4 Å². The van der Waals surface area contributed by atoms with Crippen LogP contribution >= 0.6 is 34.8 Å². The van der Waals surface area contributed by atoms with Crippen LogP contribution < -0.4 is 10.2 Å². The van der Waals surface area contributed by atoms with Crippen LogP contribution in [0.4, 0.5) is 5.69 Å². The zero-order chi connectivity index (χ0) is 18.8. The Kier molecular flexibility index (Phi) is 6.51. The Labute approximate surface area is 160 Å². The molecule has 0 unspecified atom stereocenters. The van der Waals surface area contributed by atoms with Gasteiger partial charge in [-0.1, -0.05) is 40.9 Å². The third kappa shape index (κ3) is 5.43. The van der Waals surface area contributed by atoms with Crippen LogP contribution in [0.1, 0.15) is 24.2 Å². The molecule has 0 saturated carbocycles. The van der Waals surface area contributed by atoms with Gasteiger partial charge < -0.3 is 9.64 Å². The first-order chi connectivity index (χ1) is 11.6. The highest BCUT2D eigenvalue weighted by atomic mass is 35.6. The van der Waals surface area contributed by atoms with E-state index in [-0.39, 0.29) is 23.5 Å². The van der Waals surface area contributed by atoms with Crippen molar-refractivity contribution in [3.8, 4) is 0 Å². The fraction of sp³-hybridized carbons (Fsp3) is 0.533. The van der Waals surface area contributed by atoms with Crippen LogP contribution in [0.25, 0.3) is 0 Å². The molecule has 7 nitrogen and oxygen atoms in total. The number of hydrogen-bond acceptors (Lipinski definition) is 4. The number of morpholine rings is 1. The number of hydrogen-bond donors (Lipinski definition) is 2. The number of nitrogens with zero attached hydrogens (tertiary/aromatic N) is 1. The van der Waals surface area contributed by atoms with Crippen molar-refractivity contribution in [2.75, 3.05) is 13.1 Å². The van der Waals surface area contributed by atoms with Gasteiger partial charge in [-0.3, -0.25) is 20.2 Å². The molecule has 1 heterocycles. The smallest absolute Gasteiger partial charge is 0.270 e. The van der Waals surface area contributed by atoms with Gasteiger partial charge in [0.25, 0.3) is 15.4 Å². The predicted molar refractivity (Wildman–Crippen MR) is 95.3 cm³/mol. The standard InChI is InChI=1S/C15H18Cl3N3O4/c1-9-7-20(8-10(2)25-9)14(15(16,17)18)19-13(22)11-4-3-5-12(6-11)21(23)24/h3-6,9-10,14H,7-8H2,1-2H3,(H,19,22)/p+1/t9-,10-,14+/m1/s1. The number of halogens is 3. The highest BCUT2D eigenvalue weighted by Gasteiger charge is 2.45. The molecule has 1 amide bonds. The first kappa shape index (κ1) is 20.2. The monoisotopic (exact) mass is 410 g/mol. The second kappa shape index (κ2) is 8.05. The molecule has 1 aromatic rings. The Balaban J connectivity index is 2.21. The van der Waals surface area contributed by atoms with Crippen molar-refractivity contribution in [2.45, 2.75) is 36.0 Å². The van der Waals surface area contributed by atoms with E-state index in [9.17, 15) is 14.9 Å². The van der Waals surface area contributed by atoms with Crippen LogP contribution in [-0.4, -0.2) is 46.1 Å². The van der Waals surface area contributed by atoms with Crippen molar-refractivity contribution in [2.24, 2.45) is 0 Å². The third-order valence-electron chi connectivity index (χ3n) is 3.89. The van der Waals surface area contributed by atoms with E-state index in [0.29, 0.717) is 13.1 Å². The number of amides is 1. The maximum absolute atomic E-state index is 12.5. The van der Waals surface area contributed by atoms with Gasteiger partial charge in [0, 0.05) is 17.7 Å². The summed E-state index contributed by atoms with van der Waals surface area (Å²) >= 11 is 18.3. The van der Waals surface area contributed by atoms with Gasteiger partial charge in [0.1, 0.15) is 25.3 Å². The first-order valence-corrected chi connectivity index (χ1v) is 8.83. The number of nitro groups is 1. The number of nitro benzene ring substituents is 1. The maximum atomic E-state index is 12.5.